The van der Waals surface area contributed by atoms with Gasteiger partial charge in [-0.2, -0.15) is 0 Å². The lowest BCUT2D eigenvalue weighted by molar-refractivity contribution is 0.176. The summed E-state index contributed by atoms with van der Waals surface area (Å²) in [6, 6.07) is 0. The Balaban J connectivity index is 2.80. The Labute approximate surface area is 70.9 Å². The molecule has 0 radical (unpaired) electrons. The summed E-state index contributed by atoms with van der Waals surface area (Å²) in [5.41, 5.74) is 0. The average Bonchev–Trinajstić information content (AvgIpc) is 2.13. The highest BCUT2D eigenvalue weighted by atomic mass is 35.5. The van der Waals surface area contributed by atoms with Crippen LogP contribution in [0.2, 0.25) is 0 Å². The lowest BCUT2D eigenvalue weighted by atomic mass is 10.1. The second kappa shape index (κ2) is 3.69. The third kappa shape index (κ3) is 2.17. The molecule has 2 nitrogen and oxygen atoms in total. The average molecular weight is 172 g/mol. The fourth-order valence-electron chi connectivity index (χ4n) is 0.873. The van der Waals surface area contributed by atoms with Gasteiger partial charge in [0.05, 0.1) is 12.0 Å². The molecule has 0 fully saturated rings. The quantitative estimate of drug-likeness (QED) is 0.640. The van der Waals surface area contributed by atoms with Crippen molar-refractivity contribution in [2.45, 2.75) is 13.0 Å². The van der Waals surface area contributed by atoms with Crippen molar-refractivity contribution in [1.29, 1.82) is 0 Å². The van der Waals surface area contributed by atoms with Crippen LogP contribution in [-0.4, -0.2) is 16.4 Å². The van der Waals surface area contributed by atoms with Gasteiger partial charge in [-0.15, -0.1) is 0 Å². The van der Waals surface area contributed by atoms with Gasteiger partial charge in [0.1, 0.15) is 5.17 Å². The van der Waals surface area contributed by atoms with Crippen LogP contribution in [0.15, 0.2) is 29.4 Å². The van der Waals surface area contributed by atoms with Crippen molar-refractivity contribution in [1.82, 2.24) is 0 Å². The van der Waals surface area contributed by atoms with Gasteiger partial charge in [-0.3, -0.25) is 0 Å². The molecular formula is C8H10ClNO. The second-order valence-corrected chi connectivity index (χ2v) is 2.83. The predicted octanol–water partition coefficient (Wildman–Crippen LogP) is 1.70. The van der Waals surface area contributed by atoms with Crippen molar-refractivity contribution >= 4 is 16.8 Å². The van der Waals surface area contributed by atoms with Gasteiger partial charge < -0.3 is 5.11 Å². The highest BCUT2D eigenvalue weighted by Crippen LogP contribution is 2.14. The van der Waals surface area contributed by atoms with E-state index in [9.17, 15) is 5.11 Å². The van der Waals surface area contributed by atoms with E-state index in [1.54, 1.807) is 19.2 Å². The van der Waals surface area contributed by atoms with Gasteiger partial charge in [-0.25, -0.2) is 4.99 Å². The van der Waals surface area contributed by atoms with Crippen LogP contribution in [0.25, 0.3) is 0 Å². The Bertz CT molecular complexity index is 218. The molecule has 0 aromatic heterocycles. The van der Waals surface area contributed by atoms with Crippen LogP contribution in [0.4, 0.5) is 0 Å². The van der Waals surface area contributed by atoms with Gasteiger partial charge in [0.15, 0.2) is 0 Å². The summed E-state index contributed by atoms with van der Waals surface area (Å²) >= 11 is 5.77. The fourth-order valence-corrected chi connectivity index (χ4v) is 1.18. The first-order valence-corrected chi connectivity index (χ1v) is 3.84. The standard InChI is InChI=1S/C8H10ClNO/c1-6(11)7-4-2-3-5-10-8(7)9/h2-7,11H,1H3. The van der Waals surface area contributed by atoms with Crippen LogP contribution in [0.3, 0.4) is 0 Å². The normalized spacial score (nSPS) is 26.1. The lowest BCUT2D eigenvalue weighted by Crippen LogP contribution is -2.19. The fraction of sp³-hybridized carbons (Fsp3) is 0.375. The van der Waals surface area contributed by atoms with E-state index in [0.29, 0.717) is 5.17 Å². The first-order chi connectivity index (χ1) is 5.22. The minimum atomic E-state index is -0.484. The molecule has 60 valence electrons. The Morgan fingerprint density at radius 1 is 1.64 bits per heavy atom. The summed E-state index contributed by atoms with van der Waals surface area (Å²) in [5.74, 6) is -0.160. The van der Waals surface area contributed by atoms with Crippen LogP contribution >= 0.6 is 11.6 Å². The number of hydrogen-bond acceptors (Lipinski definition) is 2. The van der Waals surface area contributed by atoms with Crippen molar-refractivity contribution < 1.29 is 5.11 Å². The number of aliphatic hydroxyl groups is 1. The van der Waals surface area contributed by atoms with E-state index >= 15 is 0 Å². The summed E-state index contributed by atoms with van der Waals surface area (Å²) in [7, 11) is 0. The Morgan fingerprint density at radius 2 is 2.36 bits per heavy atom. The first kappa shape index (κ1) is 8.50. The van der Waals surface area contributed by atoms with E-state index in [0.717, 1.165) is 0 Å². The third-order valence-electron chi connectivity index (χ3n) is 1.51. The molecule has 1 rings (SSSR count). The molecule has 0 amide bonds. The predicted molar refractivity (Wildman–Crippen MR) is 46.7 cm³/mol. The van der Waals surface area contributed by atoms with Crippen molar-refractivity contribution in [3.8, 4) is 0 Å². The minimum absolute atomic E-state index is 0.160. The summed E-state index contributed by atoms with van der Waals surface area (Å²) < 4.78 is 0. The van der Waals surface area contributed by atoms with Crippen LogP contribution in [-0.2, 0) is 0 Å². The maximum atomic E-state index is 9.23. The molecule has 0 bridgehead atoms. The minimum Gasteiger partial charge on any atom is -0.392 e. The Morgan fingerprint density at radius 3 is 3.00 bits per heavy atom. The molecule has 0 spiro atoms. The summed E-state index contributed by atoms with van der Waals surface area (Å²) in [4.78, 5) is 3.91. The highest BCUT2D eigenvalue weighted by Gasteiger charge is 2.16. The highest BCUT2D eigenvalue weighted by molar-refractivity contribution is 6.66. The SMILES string of the molecule is CC(O)C1C=CC=CN=C1Cl. The largest absolute Gasteiger partial charge is 0.392 e. The van der Waals surface area contributed by atoms with Gasteiger partial charge in [-0.1, -0.05) is 23.8 Å². The summed E-state index contributed by atoms with van der Waals surface area (Å²) in [6.07, 6.45) is 6.57. The Hall–Kier alpha value is -0.600. The molecule has 1 aliphatic heterocycles. The van der Waals surface area contributed by atoms with Crippen molar-refractivity contribution in [2.75, 3.05) is 0 Å². The topological polar surface area (TPSA) is 32.6 Å². The van der Waals surface area contributed by atoms with E-state index in [-0.39, 0.29) is 5.92 Å². The van der Waals surface area contributed by atoms with Crippen LogP contribution in [0, 0.1) is 5.92 Å². The summed E-state index contributed by atoms with van der Waals surface area (Å²) in [6.45, 7) is 1.69. The molecule has 11 heavy (non-hydrogen) atoms. The molecule has 2 atom stereocenters. The molecule has 1 N–H and O–H groups in total. The van der Waals surface area contributed by atoms with Gasteiger partial charge >= 0.3 is 0 Å². The van der Waals surface area contributed by atoms with E-state index < -0.39 is 6.10 Å². The van der Waals surface area contributed by atoms with Crippen molar-refractivity contribution in [3.63, 3.8) is 0 Å². The molecule has 2 unspecified atom stereocenters. The van der Waals surface area contributed by atoms with Gasteiger partial charge in [-0.05, 0) is 13.0 Å². The molecular weight excluding hydrogens is 162 g/mol. The third-order valence-corrected chi connectivity index (χ3v) is 1.86. The molecule has 0 aromatic carbocycles. The zero-order chi connectivity index (χ0) is 8.27. The lowest BCUT2D eigenvalue weighted by Gasteiger charge is -2.12. The van der Waals surface area contributed by atoms with Gasteiger partial charge in [0, 0.05) is 6.20 Å². The second-order valence-electron chi connectivity index (χ2n) is 2.44. The number of aliphatic hydroxyl groups excluding tert-OH is 1. The van der Waals surface area contributed by atoms with Crippen LogP contribution in [0.5, 0.6) is 0 Å². The monoisotopic (exact) mass is 171 g/mol. The number of halogens is 1. The zero-order valence-electron chi connectivity index (χ0n) is 6.24. The van der Waals surface area contributed by atoms with Crippen LogP contribution < -0.4 is 0 Å². The number of rotatable bonds is 1. The molecule has 1 aliphatic rings. The van der Waals surface area contributed by atoms with E-state index in [1.165, 1.54) is 0 Å². The van der Waals surface area contributed by atoms with Gasteiger partial charge in [0.25, 0.3) is 0 Å². The maximum Gasteiger partial charge on any atom is 0.115 e. The molecule has 1 heterocycles. The number of nitrogens with zero attached hydrogens (tertiary/aromatic N) is 1. The summed E-state index contributed by atoms with van der Waals surface area (Å²) in [5, 5.41) is 9.66. The van der Waals surface area contributed by atoms with E-state index in [4.69, 9.17) is 11.6 Å². The molecule has 3 heteroatoms. The van der Waals surface area contributed by atoms with E-state index in [1.807, 2.05) is 12.2 Å². The number of aliphatic imine (C=N–C) groups is 1. The smallest absolute Gasteiger partial charge is 0.115 e. The number of hydrogen-bond donors (Lipinski definition) is 1. The van der Waals surface area contributed by atoms with Gasteiger partial charge in [0.2, 0.25) is 0 Å². The van der Waals surface area contributed by atoms with Crippen molar-refractivity contribution in [3.05, 3.63) is 24.4 Å². The number of allylic oxidation sites excluding steroid dienone is 2. The van der Waals surface area contributed by atoms with E-state index in [2.05, 4.69) is 4.99 Å². The molecule has 0 saturated heterocycles. The Kier molecular flexibility index (Phi) is 2.85. The molecule has 0 aliphatic carbocycles. The van der Waals surface area contributed by atoms with Crippen molar-refractivity contribution in [2.24, 2.45) is 10.9 Å². The maximum absolute atomic E-state index is 9.23. The first-order valence-electron chi connectivity index (χ1n) is 3.46. The molecule has 0 aromatic rings. The molecule has 0 saturated carbocycles. The zero-order valence-corrected chi connectivity index (χ0v) is 6.99. The van der Waals surface area contributed by atoms with Crippen LogP contribution in [0.1, 0.15) is 6.92 Å².